The van der Waals surface area contributed by atoms with Crippen LogP contribution in [0.25, 0.3) is 0 Å². The molecule has 0 bridgehead atoms. The van der Waals surface area contributed by atoms with Crippen LogP contribution in [0.5, 0.6) is 0 Å². The molecule has 1 fully saturated rings. The van der Waals surface area contributed by atoms with Crippen molar-refractivity contribution in [3.63, 3.8) is 0 Å². The van der Waals surface area contributed by atoms with Gasteiger partial charge in [0.05, 0.1) is 0 Å². The molecule has 2 nitrogen and oxygen atoms in total. The first-order valence-electron chi connectivity index (χ1n) is 7.21. The van der Waals surface area contributed by atoms with Crippen LogP contribution in [0, 0.1) is 11.8 Å². The Balaban J connectivity index is 1.71. The molecule has 2 heteroatoms. The first kappa shape index (κ1) is 12.3. The SMILES string of the molecule is c1ccc(CC(Cc2ccccn2)C2CCC2)nc1. The lowest BCUT2D eigenvalue weighted by Gasteiger charge is -2.33. The van der Waals surface area contributed by atoms with Gasteiger partial charge in [-0.05, 0) is 48.9 Å². The molecule has 0 saturated heterocycles. The van der Waals surface area contributed by atoms with Gasteiger partial charge in [-0.2, -0.15) is 0 Å². The average molecular weight is 252 g/mol. The second-order valence-electron chi connectivity index (χ2n) is 5.50. The molecule has 2 aromatic heterocycles. The summed E-state index contributed by atoms with van der Waals surface area (Å²) in [5.74, 6) is 1.56. The van der Waals surface area contributed by atoms with Gasteiger partial charge in [0, 0.05) is 23.8 Å². The molecule has 1 aliphatic carbocycles. The lowest BCUT2D eigenvalue weighted by Crippen LogP contribution is -2.26. The van der Waals surface area contributed by atoms with Gasteiger partial charge < -0.3 is 0 Å². The van der Waals surface area contributed by atoms with Crippen molar-refractivity contribution in [1.82, 2.24) is 9.97 Å². The highest BCUT2D eigenvalue weighted by Crippen LogP contribution is 2.36. The van der Waals surface area contributed by atoms with E-state index in [1.54, 1.807) is 0 Å². The summed E-state index contributed by atoms with van der Waals surface area (Å²) in [5.41, 5.74) is 2.44. The Kier molecular flexibility index (Phi) is 3.87. The topological polar surface area (TPSA) is 25.8 Å². The van der Waals surface area contributed by atoms with Gasteiger partial charge in [0.25, 0.3) is 0 Å². The molecular formula is C17H20N2. The summed E-state index contributed by atoms with van der Waals surface area (Å²) >= 11 is 0. The Labute approximate surface area is 114 Å². The molecule has 2 aromatic rings. The molecule has 2 heterocycles. The summed E-state index contributed by atoms with van der Waals surface area (Å²) in [6.45, 7) is 0. The summed E-state index contributed by atoms with van der Waals surface area (Å²) in [4.78, 5) is 8.96. The van der Waals surface area contributed by atoms with E-state index in [-0.39, 0.29) is 0 Å². The Morgan fingerprint density at radius 3 is 1.84 bits per heavy atom. The van der Waals surface area contributed by atoms with Gasteiger partial charge in [-0.3, -0.25) is 9.97 Å². The Morgan fingerprint density at radius 2 is 1.47 bits per heavy atom. The predicted octanol–water partition coefficient (Wildman–Crippen LogP) is 3.68. The largest absolute Gasteiger partial charge is 0.261 e. The minimum Gasteiger partial charge on any atom is -0.261 e. The van der Waals surface area contributed by atoms with Crippen molar-refractivity contribution in [2.75, 3.05) is 0 Å². The van der Waals surface area contributed by atoms with Crippen molar-refractivity contribution in [3.8, 4) is 0 Å². The Bertz CT molecular complexity index is 450. The standard InChI is InChI=1S/C17H20N2/c1-3-10-18-16(8-1)12-15(14-6-5-7-14)13-17-9-2-4-11-19-17/h1-4,8-11,14-15H,5-7,12-13H2. The van der Waals surface area contributed by atoms with Gasteiger partial charge in [0.2, 0.25) is 0 Å². The molecule has 0 radical (unpaired) electrons. The minimum atomic E-state index is 0.693. The quantitative estimate of drug-likeness (QED) is 0.811. The highest BCUT2D eigenvalue weighted by atomic mass is 14.7. The fraction of sp³-hybridized carbons (Fsp3) is 0.412. The summed E-state index contributed by atoms with van der Waals surface area (Å²) in [5, 5.41) is 0. The third-order valence-electron chi connectivity index (χ3n) is 4.21. The van der Waals surface area contributed by atoms with Gasteiger partial charge in [-0.1, -0.05) is 31.4 Å². The lowest BCUT2D eigenvalue weighted by molar-refractivity contribution is 0.201. The first-order chi connectivity index (χ1) is 9.42. The molecule has 1 aliphatic rings. The van der Waals surface area contributed by atoms with E-state index in [4.69, 9.17) is 0 Å². The van der Waals surface area contributed by atoms with Gasteiger partial charge in [0.1, 0.15) is 0 Å². The molecule has 98 valence electrons. The van der Waals surface area contributed by atoms with Gasteiger partial charge in [0.15, 0.2) is 0 Å². The number of aromatic nitrogens is 2. The van der Waals surface area contributed by atoms with Crippen LogP contribution in [-0.4, -0.2) is 9.97 Å². The van der Waals surface area contributed by atoms with E-state index in [0.717, 1.165) is 18.8 Å². The molecule has 3 rings (SSSR count). The van der Waals surface area contributed by atoms with Crippen molar-refractivity contribution >= 4 is 0 Å². The van der Waals surface area contributed by atoms with Crippen molar-refractivity contribution in [1.29, 1.82) is 0 Å². The molecule has 0 aromatic carbocycles. The number of pyridine rings is 2. The number of hydrogen-bond acceptors (Lipinski definition) is 2. The van der Waals surface area contributed by atoms with Crippen molar-refractivity contribution < 1.29 is 0 Å². The first-order valence-corrected chi connectivity index (χ1v) is 7.21. The third kappa shape index (κ3) is 3.19. The monoisotopic (exact) mass is 252 g/mol. The fourth-order valence-electron chi connectivity index (χ4n) is 2.89. The second-order valence-corrected chi connectivity index (χ2v) is 5.50. The molecule has 0 spiro atoms. The predicted molar refractivity (Wildman–Crippen MR) is 76.7 cm³/mol. The Morgan fingerprint density at radius 1 is 0.895 bits per heavy atom. The zero-order chi connectivity index (χ0) is 12.9. The summed E-state index contributed by atoms with van der Waals surface area (Å²) in [6.07, 6.45) is 10.1. The van der Waals surface area contributed by atoms with Gasteiger partial charge in [-0.15, -0.1) is 0 Å². The minimum absolute atomic E-state index is 0.693. The molecular weight excluding hydrogens is 232 g/mol. The maximum atomic E-state index is 4.48. The Hall–Kier alpha value is -1.70. The number of nitrogens with zero attached hydrogens (tertiary/aromatic N) is 2. The maximum Gasteiger partial charge on any atom is 0.0406 e. The van der Waals surface area contributed by atoms with Crippen molar-refractivity contribution in [2.24, 2.45) is 11.8 Å². The van der Waals surface area contributed by atoms with E-state index in [1.165, 1.54) is 30.7 Å². The second kappa shape index (κ2) is 5.96. The average Bonchev–Trinajstić information content (AvgIpc) is 2.39. The van der Waals surface area contributed by atoms with Crippen LogP contribution in [0.2, 0.25) is 0 Å². The molecule has 0 atom stereocenters. The van der Waals surface area contributed by atoms with Crippen LogP contribution >= 0.6 is 0 Å². The van der Waals surface area contributed by atoms with Crippen molar-refractivity contribution in [2.45, 2.75) is 32.1 Å². The molecule has 0 amide bonds. The molecule has 1 saturated carbocycles. The maximum absolute atomic E-state index is 4.48. The smallest absolute Gasteiger partial charge is 0.0406 e. The highest BCUT2D eigenvalue weighted by molar-refractivity contribution is 5.09. The summed E-state index contributed by atoms with van der Waals surface area (Å²) in [6, 6.07) is 12.4. The van der Waals surface area contributed by atoms with Crippen molar-refractivity contribution in [3.05, 3.63) is 60.2 Å². The van der Waals surface area contributed by atoms with Crippen LogP contribution in [0.3, 0.4) is 0 Å². The van der Waals surface area contributed by atoms with Crippen LogP contribution < -0.4 is 0 Å². The molecule has 0 aliphatic heterocycles. The van der Waals surface area contributed by atoms with Gasteiger partial charge in [-0.25, -0.2) is 0 Å². The molecule has 0 N–H and O–H groups in total. The number of rotatable bonds is 5. The van der Waals surface area contributed by atoms with Crippen LogP contribution in [-0.2, 0) is 12.8 Å². The zero-order valence-corrected chi connectivity index (χ0v) is 11.2. The van der Waals surface area contributed by atoms with E-state index in [9.17, 15) is 0 Å². The molecule has 0 unspecified atom stereocenters. The van der Waals surface area contributed by atoms with Gasteiger partial charge >= 0.3 is 0 Å². The summed E-state index contributed by atoms with van der Waals surface area (Å²) < 4.78 is 0. The van der Waals surface area contributed by atoms with E-state index in [2.05, 4.69) is 34.2 Å². The molecule has 19 heavy (non-hydrogen) atoms. The fourth-order valence-corrected chi connectivity index (χ4v) is 2.89. The zero-order valence-electron chi connectivity index (χ0n) is 11.2. The van der Waals surface area contributed by atoms with E-state index in [1.807, 2.05) is 24.5 Å². The van der Waals surface area contributed by atoms with Crippen LogP contribution in [0.4, 0.5) is 0 Å². The van der Waals surface area contributed by atoms with Crippen LogP contribution in [0.15, 0.2) is 48.8 Å². The highest BCUT2D eigenvalue weighted by Gasteiger charge is 2.28. The normalized spacial score (nSPS) is 15.4. The van der Waals surface area contributed by atoms with Crippen LogP contribution in [0.1, 0.15) is 30.7 Å². The van der Waals surface area contributed by atoms with E-state index >= 15 is 0 Å². The summed E-state index contributed by atoms with van der Waals surface area (Å²) in [7, 11) is 0. The number of hydrogen-bond donors (Lipinski definition) is 0. The van der Waals surface area contributed by atoms with E-state index in [0.29, 0.717) is 5.92 Å². The third-order valence-corrected chi connectivity index (χ3v) is 4.21. The van der Waals surface area contributed by atoms with E-state index < -0.39 is 0 Å². The lowest BCUT2D eigenvalue weighted by atomic mass is 9.72.